The number of morpholine rings is 1. The molecule has 0 aromatic heterocycles. The Hall–Kier alpha value is -2.28. The van der Waals surface area contributed by atoms with Crippen molar-refractivity contribution in [2.24, 2.45) is 0 Å². The van der Waals surface area contributed by atoms with E-state index >= 15 is 0 Å². The summed E-state index contributed by atoms with van der Waals surface area (Å²) >= 11 is 0. The second kappa shape index (κ2) is 10.0. The third kappa shape index (κ3) is 5.91. The normalized spacial score (nSPS) is 16.3. The molecule has 1 heterocycles. The molecule has 140 valence electrons. The fraction of sp³-hybridized carbons (Fsp3) is 0.316. The van der Waals surface area contributed by atoms with Gasteiger partial charge in [0.25, 0.3) is 0 Å². The lowest BCUT2D eigenvalue weighted by atomic mass is 10.2. The zero-order valence-corrected chi connectivity index (χ0v) is 15.4. The number of rotatable bonds is 6. The molecule has 1 amide bonds. The van der Waals surface area contributed by atoms with Gasteiger partial charge in [0.1, 0.15) is 17.2 Å². The molecule has 1 aliphatic rings. The number of carbonyl (C=O) groups excluding carboxylic acids is 1. The summed E-state index contributed by atoms with van der Waals surface area (Å²) in [7, 11) is 1.62. The first-order chi connectivity index (χ1) is 12.2. The highest BCUT2D eigenvalue weighted by atomic mass is 35.5. The maximum atomic E-state index is 12.1. The summed E-state index contributed by atoms with van der Waals surface area (Å²) in [4.78, 5) is 12.1. The standard InChI is InChI=1S/C19H22N2O4.ClH/c1-23-17-3-2-4-18(12-17)25-16-7-5-14(6-8-16)21-19(22)11-15-13-24-10-9-20-15;/h2-8,12,15,20H,9-11,13H2,1H3,(H,21,22);1H. The summed E-state index contributed by atoms with van der Waals surface area (Å²) in [6.07, 6.45) is 0.391. The number of halogens is 1. The number of carbonyl (C=O) groups is 1. The largest absolute Gasteiger partial charge is 0.497 e. The molecule has 0 aliphatic carbocycles. The molecule has 1 fully saturated rings. The molecule has 7 heteroatoms. The van der Waals surface area contributed by atoms with E-state index in [2.05, 4.69) is 10.6 Å². The number of nitrogens with one attached hydrogen (secondary N) is 2. The van der Waals surface area contributed by atoms with Crippen molar-refractivity contribution in [3.8, 4) is 17.2 Å². The Morgan fingerprint density at radius 2 is 1.96 bits per heavy atom. The average molecular weight is 379 g/mol. The second-order valence-electron chi connectivity index (χ2n) is 5.78. The minimum atomic E-state index is -0.0375. The van der Waals surface area contributed by atoms with E-state index < -0.39 is 0 Å². The van der Waals surface area contributed by atoms with Gasteiger partial charge in [-0.3, -0.25) is 4.79 Å². The van der Waals surface area contributed by atoms with E-state index in [0.717, 1.165) is 18.0 Å². The van der Waals surface area contributed by atoms with E-state index in [0.29, 0.717) is 31.1 Å². The Labute approximate surface area is 159 Å². The zero-order chi connectivity index (χ0) is 17.5. The third-order valence-electron chi connectivity index (χ3n) is 3.85. The number of ether oxygens (including phenoxy) is 3. The molecule has 1 atom stereocenters. The molecule has 1 unspecified atom stereocenters. The molecule has 2 aromatic rings. The Morgan fingerprint density at radius 1 is 1.19 bits per heavy atom. The molecular weight excluding hydrogens is 356 g/mol. The zero-order valence-electron chi connectivity index (χ0n) is 14.6. The first-order valence-electron chi connectivity index (χ1n) is 8.26. The molecule has 3 rings (SSSR count). The third-order valence-corrected chi connectivity index (χ3v) is 3.85. The number of anilines is 1. The predicted octanol–water partition coefficient (Wildman–Crippen LogP) is 3.23. The van der Waals surface area contributed by atoms with E-state index in [4.69, 9.17) is 14.2 Å². The summed E-state index contributed by atoms with van der Waals surface area (Å²) in [6.45, 7) is 2.06. The smallest absolute Gasteiger partial charge is 0.226 e. The summed E-state index contributed by atoms with van der Waals surface area (Å²) < 4.78 is 16.3. The van der Waals surface area contributed by atoms with Crippen LogP contribution in [0.15, 0.2) is 48.5 Å². The topological polar surface area (TPSA) is 68.8 Å². The Balaban J connectivity index is 0.00000243. The molecule has 0 spiro atoms. The van der Waals surface area contributed by atoms with Crippen LogP contribution in [0.2, 0.25) is 0 Å². The van der Waals surface area contributed by atoms with Gasteiger partial charge in [0.2, 0.25) is 5.91 Å². The van der Waals surface area contributed by atoms with Crippen molar-refractivity contribution in [3.63, 3.8) is 0 Å². The van der Waals surface area contributed by atoms with Gasteiger partial charge in [0.05, 0.1) is 20.3 Å². The first-order valence-corrected chi connectivity index (χ1v) is 8.26. The van der Waals surface area contributed by atoms with E-state index in [1.165, 1.54) is 0 Å². The molecule has 2 N–H and O–H groups in total. The van der Waals surface area contributed by atoms with Crippen molar-refractivity contribution in [2.75, 3.05) is 32.2 Å². The summed E-state index contributed by atoms with van der Waals surface area (Å²) in [5.41, 5.74) is 0.736. The van der Waals surface area contributed by atoms with Gasteiger partial charge in [-0.25, -0.2) is 0 Å². The van der Waals surface area contributed by atoms with Gasteiger partial charge in [0.15, 0.2) is 0 Å². The van der Waals surface area contributed by atoms with E-state index in [1.54, 1.807) is 7.11 Å². The number of amides is 1. The molecule has 1 saturated heterocycles. The summed E-state index contributed by atoms with van der Waals surface area (Å²) in [6, 6.07) is 14.7. The summed E-state index contributed by atoms with van der Waals surface area (Å²) in [5.74, 6) is 2.08. The van der Waals surface area contributed by atoms with Crippen molar-refractivity contribution in [1.29, 1.82) is 0 Å². The van der Waals surface area contributed by atoms with Gasteiger partial charge in [-0.2, -0.15) is 0 Å². The Kier molecular flexibility index (Phi) is 7.72. The number of hydrogen-bond acceptors (Lipinski definition) is 5. The van der Waals surface area contributed by atoms with E-state index in [9.17, 15) is 4.79 Å². The van der Waals surface area contributed by atoms with Crippen molar-refractivity contribution in [2.45, 2.75) is 12.5 Å². The summed E-state index contributed by atoms with van der Waals surface area (Å²) in [5, 5.41) is 6.15. The quantitative estimate of drug-likeness (QED) is 0.807. The van der Waals surface area contributed by atoms with Crippen LogP contribution < -0.4 is 20.1 Å². The van der Waals surface area contributed by atoms with Crippen LogP contribution in [-0.2, 0) is 9.53 Å². The van der Waals surface area contributed by atoms with Gasteiger partial charge in [-0.05, 0) is 36.4 Å². The minimum absolute atomic E-state index is 0. The molecule has 0 saturated carbocycles. The van der Waals surface area contributed by atoms with Crippen LogP contribution in [-0.4, -0.2) is 38.8 Å². The average Bonchev–Trinajstić information content (AvgIpc) is 2.64. The van der Waals surface area contributed by atoms with Gasteiger partial charge >= 0.3 is 0 Å². The Morgan fingerprint density at radius 3 is 2.65 bits per heavy atom. The monoisotopic (exact) mass is 378 g/mol. The SMILES string of the molecule is COc1cccc(Oc2ccc(NC(=O)CC3COCCN3)cc2)c1.Cl. The number of benzene rings is 2. The van der Waals surface area contributed by atoms with Gasteiger partial charge in [0, 0.05) is 30.8 Å². The lowest BCUT2D eigenvalue weighted by Gasteiger charge is -2.23. The van der Waals surface area contributed by atoms with Crippen LogP contribution in [0.25, 0.3) is 0 Å². The van der Waals surface area contributed by atoms with E-state index in [-0.39, 0.29) is 24.4 Å². The van der Waals surface area contributed by atoms with Crippen LogP contribution in [0.4, 0.5) is 5.69 Å². The van der Waals surface area contributed by atoms with Crippen molar-refractivity contribution in [3.05, 3.63) is 48.5 Å². The number of methoxy groups -OCH3 is 1. The van der Waals surface area contributed by atoms with Crippen LogP contribution in [0.1, 0.15) is 6.42 Å². The maximum Gasteiger partial charge on any atom is 0.226 e. The van der Waals surface area contributed by atoms with Crippen molar-refractivity contribution in [1.82, 2.24) is 5.32 Å². The molecule has 6 nitrogen and oxygen atoms in total. The van der Waals surface area contributed by atoms with Gasteiger partial charge < -0.3 is 24.8 Å². The highest BCUT2D eigenvalue weighted by Crippen LogP contribution is 2.26. The highest BCUT2D eigenvalue weighted by molar-refractivity contribution is 5.91. The molecule has 26 heavy (non-hydrogen) atoms. The van der Waals surface area contributed by atoms with Gasteiger partial charge in [-0.1, -0.05) is 6.07 Å². The van der Waals surface area contributed by atoms with Crippen LogP contribution in [0, 0.1) is 0 Å². The lowest BCUT2D eigenvalue weighted by Crippen LogP contribution is -2.43. The molecule has 0 bridgehead atoms. The fourth-order valence-electron chi connectivity index (χ4n) is 2.59. The second-order valence-corrected chi connectivity index (χ2v) is 5.78. The first kappa shape index (κ1) is 20.0. The van der Waals surface area contributed by atoms with Crippen LogP contribution >= 0.6 is 12.4 Å². The van der Waals surface area contributed by atoms with Crippen LogP contribution in [0.5, 0.6) is 17.2 Å². The highest BCUT2D eigenvalue weighted by Gasteiger charge is 2.16. The van der Waals surface area contributed by atoms with Crippen molar-refractivity contribution < 1.29 is 19.0 Å². The predicted molar refractivity (Wildman–Crippen MR) is 103 cm³/mol. The molecule has 0 radical (unpaired) electrons. The van der Waals surface area contributed by atoms with E-state index in [1.807, 2.05) is 48.5 Å². The van der Waals surface area contributed by atoms with Crippen molar-refractivity contribution >= 4 is 24.0 Å². The van der Waals surface area contributed by atoms with Crippen LogP contribution in [0.3, 0.4) is 0 Å². The van der Waals surface area contributed by atoms with Gasteiger partial charge in [-0.15, -0.1) is 12.4 Å². The fourth-order valence-corrected chi connectivity index (χ4v) is 2.59. The lowest BCUT2D eigenvalue weighted by molar-refractivity contribution is -0.117. The molecular formula is C19H23ClN2O4. The molecule has 1 aliphatic heterocycles. The Bertz CT molecular complexity index is 703. The number of hydrogen-bond donors (Lipinski definition) is 2. The molecule has 2 aromatic carbocycles. The minimum Gasteiger partial charge on any atom is -0.497 e. The maximum absolute atomic E-state index is 12.1.